The summed E-state index contributed by atoms with van der Waals surface area (Å²) < 4.78 is 5.49. The minimum Gasteiger partial charge on any atom is -0.394 e. The van der Waals surface area contributed by atoms with Gasteiger partial charge < -0.3 is 20.3 Å². The molecule has 4 heteroatoms. The maximum absolute atomic E-state index is 9.61. The van der Waals surface area contributed by atoms with Crippen LogP contribution in [-0.2, 0) is 4.74 Å². The highest BCUT2D eigenvalue weighted by molar-refractivity contribution is 5.48. The third-order valence-electron chi connectivity index (χ3n) is 3.24. The molecule has 0 amide bonds. The van der Waals surface area contributed by atoms with E-state index in [1.54, 1.807) is 0 Å². The van der Waals surface area contributed by atoms with Gasteiger partial charge in [0.25, 0.3) is 0 Å². The van der Waals surface area contributed by atoms with E-state index < -0.39 is 12.2 Å². The molecule has 0 aromatic heterocycles. The Balaban J connectivity index is 2.00. The van der Waals surface area contributed by atoms with Crippen molar-refractivity contribution in [3.8, 4) is 0 Å². The number of nitrogens with one attached hydrogen (secondary N) is 1. The molecule has 1 aliphatic rings. The summed E-state index contributed by atoms with van der Waals surface area (Å²) in [5.74, 6) is 0. The van der Waals surface area contributed by atoms with Crippen LogP contribution in [0.3, 0.4) is 0 Å². The van der Waals surface area contributed by atoms with Gasteiger partial charge in [0.2, 0.25) is 0 Å². The molecule has 0 unspecified atom stereocenters. The Bertz CT molecular complexity index is 394. The lowest BCUT2D eigenvalue weighted by molar-refractivity contribution is -0.0149. The van der Waals surface area contributed by atoms with E-state index in [1.165, 1.54) is 11.1 Å². The van der Waals surface area contributed by atoms with Crippen molar-refractivity contribution in [2.45, 2.75) is 38.7 Å². The largest absolute Gasteiger partial charge is 0.394 e. The van der Waals surface area contributed by atoms with Gasteiger partial charge in [-0.05, 0) is 37.1 Å². The van der Waals surface area contributed by atoms with Crippen molar-refractivity contribution in [3.05, 3.63) is 29.3 Å². The van der Waals surface area contributed by atoms with Crippen molar-refractivity contribution >= 4 is 5.69 Å². The van der Waals surface area contributed by atoms with Crippen LogP contribution in [-0.4, -0.2) is 35.3 Å². The van der Waals surface area contributed by atoms with Crippen LogP contribution < -0.4 is 5.32 Å². The monoisotopic (exact) mass is 237 g/mol. The smallest absolute Gasteiger partial charge is 0.130 e. The van der Waals surface area contributed by atoms with Crippen LogP contribution in [0.15, 0.2) is 18.2 Å². The van der Waals surface area contributed by atoms with Gasteiger partial charge in [-0.3, -0.25) is 0 Å². The lowest BCUT2D eigenvalue weighted by Gasteiger charge is -2.15. The number of aliphatic hydroxyl groups is 2. The van der Waals surface area contributed by atoms with Crippen molar-refractivity contribution in [1.29, 1.82) is 0 Å². The molecule has 0 radical (unpaired) electrons. The third kappa shape index (κ3) is 2.77. The summed E-state index contributed by atoms with van der Waals surface area (Å²) >= 11 is 0. The zero-order chi connectivity index (χ0) is 12.4. The number of ether oxygens (including phenoxy) is 1. The standard InChI is InChI=1S/C13H19NO3/c1-8-3-4-10(5-9(8)2)14-13-6-11(16)12(7-15)17-13/h3-5,11-16H,6-7H2,1-2H3/t11-,12-,13+/m0/s1. The first-order chi connectivity index (χ1) is 8.10. The summed E-state index contributed by atoms with van der Waals surface area (Å²) in [6.07, 6.45) is -0.801. The highest BCUT2D eigenvalue weighted by Gasteiger charge is 2.33. The van der Waals surface area contributed by atoms with Crippen LogP contribution in [0.25, 0.3) is 0 Å². The first-order valence-electron chi connectivity index (χ1n) is 5.88. The summed E-state index contributed by atoms with van der Waals surface area (Å²) in [5, 5.41) is 21.8. The number of aryl methyl sites for hydroxylation is 2. The van der Waals surface area contributed by atoms with Crippen molar-refractivity contribution in [1.82, 2.24) is 0 Å². The van der Waals surface area contributed by atoms with Gasteiger partial charge in [-0.15, -0.1) is 0 Å². The summed E-state index contributed by atoms with van der Waals surface area (Å²) in [6, 6.07) is 6.09. The molecule has 4 nitrogen and oxygen atoms in total. The lowest BCUT2D eigenvalue weighted by atomic mass is 10.1. The Morgan fingerprint density at radius 1 is 1.35 bits per heavy atom. The van der Waals surface area contributed by atoms with E-state index >= 15 is 0 Å². The van der Waals surface area contributed by atoms with Crippen molar-refractivity contribution in [3.63, 3.8) is 0 Å². The minimum absolute atomic E-state index is 0.147. The number of hydrogen-bond acceptors (Lipinski definition) is 4. The minimum atomic E-state index is -0.593. The topological polar surface area (TPSA) is 61.7 Å². The van der Waals surface area contributed by atoms with Crippen LogP contribution in [0.2, 0.25) is 0 Å². The number of aliphatic hydroxyl groups excluding tert-OH is 2. The Hall–Kier alpha value is -1.10. The first-order valence-corrected chi connectivity index (χ1v) is 5.88. The molecule has 1 saturated heterocycles. The van der Waals surface area contributed by atoms with E-state index in [-0.39, 0.29) is 12.8 Å². The second-order valence-corrected chi connectivity index (χ2v) is 4.59. The molecule has 1 aromatic rings. The Morgan fingerprint density at radius 3 is 2.71 bits per heavy atom. The Labute approximate surface area is 101 Å². The van der Waals surface area contributed by atoms with Gasteiger partial charge >= 0.3 is 0 Å². The molecule has 3 N–H and O–H groups in total. The maximum Gasteiger partial charge on any atom is 0.130 e. The second-order valence-electron chi connectivity index (χ2n) is 4.59. The molecule has 1 aromatic carbocycles. The maximum atomic E-state index is 9.61. The van der Waals surface area contributed by atoms with Crippen molar-refractivity contribution in [2.24, 2.45) is 0 Å². The Kier molecular flexibility index (Phi) is 3.66. The highest BCUT2D eigenvalue weighted by atomic mass is 16.5. The van der Waals surface area contributed by atoms with E-state index in [0.29, 0.717) is 6.42 Å². The van der Waals surface area contributed by atoms with Gasteiger partial charge in [0.15, 0.2) is 0 Å². The highest BCUT2D eigenvalue weighted by Crippen LogP contribution is 2.23. The van der Waals surface area contributed by atoms with E-state index in [9.17, 15) is 5.11 Å². The molecule has 3 atom stereocenters. The summed E-state index contributed by atoms with van der Waals surface area (Å²) in [5.41, 5.74) is 3.44. The fourth-order valence-electron chi connectivity index (χ4n) is 2.00. The summed E-state index contributed by atoms with van der Waals surface area (Å²) in [6.45, 7) is 3.98. The number of benzene rings is 1. The molecule has 1 fully saturated rings. The molecule has 1 aliphatic heterocycles. The van der Waals surface area contributed by atoms with Crippen molar-refractivity contribution < 1.29 is 14.9 Å². The molecule has 94 valence electrons. The van der Waals surface area contributed by atoms with Gasteiger partial charge in [0.05, 0.1) is 12.7 Å². The third-order valence-corrected chi connectivity index (χ3v) is 3.24. The lowest BCUT2D eigenvalue weighted by Crippen LogP contribution is -2.25. The van der Waals surface area contributed by atoms with Crippen molar-refractivity contribution in [2.75, 3.05) is 11.9 Å². The predicted octanol–water partition coefficient (Wildman–Crippen LogP) is 1.18. The van der Waals surface area contributed by atoms with E-state index in [4.69, 9.17) is 9.84 Å². The molecule has 0 spiro atoms. The SMILES string of the molecule is Cc1ccc(N[C@H]2C[C@H](O)[C@H](CO)O2)cc1C. The van der Waals surface area contributed by atoms with Crippen LogP contribution >= 0.6 is 0 Å². The first kappa shape index (κ1) is 12.4. The normalized spacial score (nSPS) is 28.4. The van der Waals surface area contributed by atoms with Crippen LogP contribution in [0.4, 0.5) is 5.69 Å². The molecule has 2 rings (SSSR count). The number of rotatable bonds is 3. The fourth-order valence-corrected chi connectivity index (χ4v) is 2.00. The Morgan fingerprint density at radius 2 is 2.12 bits per heavy atom. The summed E-state index contributed by atoms with van der Waals surface area (Å²) in [4.78, 5) is 0. The molecular weight excluding hydrogens is 218 g/mol. The van der Waals surface area contributed by atoms with Gasteiger partial charge in [0.1, 0.15) is 12.3 Å². The van der Waals surface area contributed by atoms with Crippen LogP contribution in [0, 0.1) is 13.8 Å². The van der Waals surface area contributed by atoms with E-state index in [2.05, 4.69) is 25.2 Å². The zero-order valence-electron chi connectivity index (χ0n) is 10.2. The molecule has 0 saturated carbocycles. The van der Waals surface area contributed by atoms with Gasteiger partial charge in [0, 0.05) is 12.1 Å². The van der Waals surface area contributed by atoms with Gasteiger partial charge in [-0.1, -0.05) is 6.07 Å². The average molecular weight is 237 g/mol. The quantitative estimate of drug-likeness (QED) is 0.739. The molecule has 0 bridgehead atoms. The van der Waals surface area contributed by atoms with Gasteiger partial charge in [-0.2, -0.15) is 0 Å². The number of anilines is 1. The van der Waals surface area contributed by atoms with E-state index in [1.807, 2.05) is 12.1 Å². The van der Waals surface area contributed by atoms with E-state index in [0.717, 1.165) is 5.69 Å². The molecule has 17 heavy (non-hydrogen) atoms. The number of hydrogen-bond donors (Lipinski definition) is 3. The second kappa shape index (κ2) is 5.04. The molecule has 1 heterocycles. The average Bonchev–Trinajstić information content (AvgIpc) is 2.64. The summed E-state index contributed by atoms with van der Waals surface area (Å²) in [7, 11) is 0. The van der Waals surface area contributed by atoms with Crippen LogP contribution in [0.5, 0.6) is 0 Å². The fraction of sp³-hybridized carbons (Fsp3) is 0.538. The molecular formula is C13H19NO3. The predicted molar refractivity (Wildman–Crippen MR) is 65.9 cm³/mol. The molecule has 0 aliphatic carbocycles. The van der Waals surface area contributed by atoms with Crippen LogP contribution in [0.1, 0.15) is 17.5 Å². The van der Waals surface area contributed by atoms with Gasteiger partial charge in [-0.25, -0.2) is 0 Å². The zero-order valence-corrected chi connectivity index (χ0v) is 10.2.